The summed E-state index contributed by atoms with van der Waals surface area (Å²) >= 11 is 12.0. The van der Waals surface area contributed by atoms with Crippen LogP contribution in [-0.4, -0.2) is 21.8 Å². The van der Waals surface area contributed by atoms with Crippen molar-refractivity contribution in [1.82, 2.24) is 9.97 Å². The number of carbonyl (C=O) groups excluding carboxylic acids is 2. The molecule has 3 aromatic rings. The molecule has 0 aliphatic carbocycles. The summed E-state index contributed by atoms with van der Waals surface area (Å²) in [5.41, 5.74) is 0.619. The fourth-order valence-corrected chi connectivity index (χ4v) is 3.69. The molecule has 0 fully saturated rings. The summed E-state index contributed by atoms with van der Waals surface area (Å²) in [5, 5.41) is 8.97. The van der Waals surface area contributed by atoms with Crippen LogP contribution in [0.2, 0.25) is 10.0 Å². The number of fused-ring (bicyclic) bond motifs is 1. The van der Waals surface area contributed by atoms with Crippen LogP contribution in [0, 0.1) is 0 Å². The van der Waals surface area contributed by atoms with Crippen LogP contribution in [0.1, 0.15) is 17.9 Å². The number of anilines is 4. The lowest BCUT2D eigenvalue weighted by Crippen LogP contribution is -2.36. The maximum absolute atomic E-state index is 12.8. The summed E-state index contributed by atoms with van der Waals surface area (Å²) in [5.74, 6) is -1.75. The summed E-state index contributed by atoms with van der Waals surface area (Å²) < 4.78 is 0. The van der Waals surface area contributed by atoms with E-state index in [1.165, 1.54) is 0 Å². The smallest absolute Gasteiger partial charge is 0.258 e. The molecular formula is C20H15Cl2N5O3. The highest BCUT2D eigenvalue weighted by Gasteiger charge is 2.34. The Kier molecular flexibility index (Phi) is 5.43. The number of amides is 2. The van der Waals surface area contributed by atoms with E-state index < -0.39 is 23.3 Å². The molecule has 1 aliphatic heterocycles. The number of hydrogen-bond donors (Lipinski definition) is 4. The van der Waals surface area contributed by atoms with Crippen molar-refractivity contribution in [2.24, 2.45) is 0 Å². The molecule has 2 aromatic carbocycles. The van der Waals surface area contributed by atoms with E-state index in [4.69, 9.17) is 23.2 Å². The van der Waals surface area contributed by atoms with Crippen LogP contribution in [0.15, 0.2) is 53.3 Å². The topological polar surface area (TPSA) is 116 Å². The first-order valence-electron chi connectivity index (χ1n) is 8.92. The molecule has 4 N–H and O–H groups in total. The Bertz CT molecular complexity index is 1180. The van der Waals surface area contributed by atoms with Gasteiger partial charge in [-0.25, -0.2) is 0 Å². The highest BCUT2D eigenvalue weighted by atomic mass is 35.5. The SMILES string of the molecule is O=C1C[C@@H](C(=O)Nc2ccccc2)c2c(nc(Nc3cc(Cl)cc(Cl)c3)[nH]c2=O)N1. The number of H-pyrrole nitrogens is 1. The normalized spacial score (nSPS) is 15.1. The number of hydrogen-bond acceptors (Lipinski definition) is 5. The van der Waals surface area contributed by atoms with Crippen molar-refractivity contribution >= 4 is 58.2 Å². The minimum absolute atomic E-state index is 0.0267. The lowest BCUT2D eigenvalue weighted by Gasteiger charge is -2.23. The third-order valence-corrected chi connectivity index (χ3v) is 4.87. The Morgan fingerprint density at radius 3 is 2.43 bits per heavy atom. The number of benzene rings is 2. The highest BCUT2D eigenvalue weighted by Crippen LogP contribution is 2.30. The summed E-state index contributed by atoms with van der Waals surface area (Å²) in [6.07, 6.45) is -0.160. The first-order chi connectivity index (χ1) is 14.4. The van der Waals surface area contributed by atoms with Crippen LogP contribution in [-0.2, 0) is 9.59 Å². The van der Waals surface area contributed by atoms with Crippen LogP contribution in [0.4, 0.5) is 23.1 Å². The maximum Gasteiger partial charge on any atom is 0.258 e. The quantitative estimate of drug-likeness (QED) is 0.488. The molecule has 10 heteroatoms. The van der Waals surface area contributed by atoms with Gasteiger partial charge in [-0.2, -0.15) is 4.98 Å². The van der Waals surface area contributed by atoms with Gasteiger partial charge in [-0.15, -0.1) is 0 Å². The zero-order chi connectivity index (χ0) is 21.3. The zero-order valence-electron chi connectivity index (χ0n) is 15.3. The molecule has 2 heterocycles. The third kappa shape index (κ3) is 4.29. The van der Waals surface area contributed by atoms with E-state index >= 15 is 0 Å². The standard InChI is InChI=1S/C20H15Cl2N5O3/c21-10-6-11(22)8-13(7-10)24-20-26-17-16(19(30)27-20)14(9-15(28)25-17)18(29)23-12-4-2-1-3-5-12/h1-8,14H,9H2,(H,23,29)(H3,24,25,26,27,28,30)/t14-/m1/s1. The molecule has 4 rings (SSSR count). The Morgan fingerprint density at radius 2 is 1.73 bits per heavy atom. The molecule has 0 unspecified atom stereocenters. The molecule has 30 heavy (non-hydrogen) atoms. The number of carbonyl (C=O) groups is 2. The van der Waals surface area contributed by atoms with Crippen LogP contribution in [0.25, 0.3) is 0 Å². The van der Waals surface area contributed by atoms with Crippen molar-refractivity contribution in [1.29, 1.82) is 0 Å². The largest absolute Gasteiger partial charge is 0.326 e. The van der Waals surface area contributed by atoms with Gasteiger partial charge >= 0.3 is 0 Å². The van der Waals surface area contributed by atoms with Crippen molar-refractivity contribution in [2.75, 3.05) is 16.0 Å². The molecular weight excluding hydrogens is 429 g/mol. The summed E-state index contributed by atoms with van der Waals surface area (Å²) in [4.78, 5) is 44.5. The van der Waals surface area contributed by atoms with Gasteiger partial charge in [0, 0.05) is 27.8 Å². The van der Waals surface area contributed by atoms with Gasteiger partial charge in [0.1, 0.15) is 5.82 Å². The van der Waals surface area contributed by atoms with Gasteiger partial charge in [-0.3, -0.25) is 19.4 Å². The van der Waals surface area contributed by atoms with E-state index in [-0.39, 0.29) is 23.8 Å². The van der Waals surface area contributed by atoms with Gasteiger partial charge in [0.2, 0.25) is 17.8 Å². The number of nitrogens with one attached hydrogen (secondary N) is 4. The molecule has 0 bridgehead atoms. The van der Waals surface area contributed by atoms with Crippen LogP contribution in [0.3, 0.4) is 0 Å². The van der Waals surface area contributed by atoms with Gasteiger partial charge in [-0.05, 0) is 30.3 Å². The number of rotatable bonds is 4. The van der Waals surface area contributed by atoms with Gasteiger partial charge < -0.3 is 16.0 Å². The van der Waals surface area contributed by atoms with E-state index in [2.05, 4.69) is 25.9 Å². The fraction of sp³-hybridized carbons (Fsp3) is 0.100. The Labute approximate surface area is 180 Å². The van der Waals surface area contributed by atoms with Gasteiger partial charge in [0.05, 0.1) is 11.5 Å². The summed E-state index contributed by atoms with van der Waals surface area (Å²) in [7, 11) is 0. The number of aromatic amines is 1. The second-order valence-corrected chi connectivity index (χ2v) is 7.49. The number of nitrogens with zero attached hydrogens (tertiary/aromatic N) is 1. The molecule has 1 aromatic heterocycles. The molecule has 0 saturated carbocycles. The van der Waals surface area contributed by atoms with E-state index in [9.17, 15) is 14.4 Å². The van der Waals surface area contributed by atoms with E-state index in [0.717, 1.165) is 0 Å². The highest BCUT2D eigenvalue weighted by molar-refractivity contribution is 6.35. The lowest BCUT2D eigenvalue weighted by molar-refractivity contribution is -0.123. The lowest BCUT2D eigenvalue weighted by atomic mass is 9.92. The van der Waals surface area contributed by atoms with Crippen LogP contribution in [0.5, 0.6) is 0 Å². The van der Waals surface area contributed by atoms with Crippen molar-refractivity contribution in [2.45, 2.75) is 12.3 Å². The molecule has 0 radical (unpaired) electrons. The maximum atomic E-state index is 12.8. The Morgan fingerprint density at radius 1 is 1.03 bits per heavy atom. The second-order valence-electron chi connectivity index (χ2n) is 6.62. The first-order valence-corrected chi connectivity index (χ1v) is 9.68. The van der Waals surface area contributed by atoms with Crippen molar-refractivity contribution < 1.29 is 9.59 Å². The minimum atomic E-state index is -0.972. The average molecular weight is 444 g/mol. The summed E-state index contributed by atoms with van der Waals surface area (Å²) in [6.45, 7) is 0. The molecule has 0 saturated heterocycles. The van der Waals surface area contributed by atoms with Crippen molar-refractivity contribution in [3.63, 3.8) is 0 Å². The van der Waals surface area contributed by atoms with Crippen molar-refractivity contribution in [3.8, 4) is 0 Å². The van der Waals surface area contributed by atoms with Gasteiger partial charge in [0.25, 0.3) is 5.56 Å². The van der Waals surface area contributed by atoms with E-state index in [0.29, 0.717) is 21.4 Å². The predicted molar refractivity (Wildman–Crippen MR) is 116 cm³/mol. The van der Waals surface area contributed by atoms with Crippen LogP contribution < -0.4 is 21.5 Å². The first kappa shape index (κ1) is 19.9. The van der Waals surface area contributed by atoms with Crippen molar-refractivity contribution in [3.05, 3.63) is 74.5 Å². The van der Waals surface area contributed by atoms with E-state index in [1.807, 2.05) is 6.07 Å². The number of para-hydroxylation sites is 1. The second kappa shape index (κ2) is 8.17. The zero-order valence-corrected chi connectivity index (χ0v) is 16.8. The number of halogens is 2. The third-order valence-electron chi connectivity index (χ3n) is 4.43. The fourth-order valence-electron chi connectivity index (χ4n) is 3.17. The predicted octanol–water partition coefficient (Wildman–Crippen LogP) is 3.88. The van der Waals surface area contributed by atoms with E-state index in [1.54, 1.807) is 42.5 Å². The Hall–Kier alpha value is -3.36. The molecule has 2 amide bonds. The van der Waals surface area contributed by atoms with Gasteiger partial charge in [0.15, 0.2) is 0 Å². The molecule has 152 valence electrons. The summed E-state index contributed by atoms with van der Waals surface area (Å²) in [6, 6.07) is 13.5. The molecule has 1 aliphatic rings. The number of aromatic nitrogens is 2. The van der Waals surface area contributed by atoms with Gasteiger partial charge in [-0.1, -0.05) is 41.4 Å². The monoisotopic (exact) mass is 443 g/mol. The Balaban J connectivity index is 1.65. The minimum Gasteiger partial charge on any atom is -0.326 e. The van der Waals surface area contributed by atoms with Crippen LogP contribution >= 0.6 is 23.2 Å². The molecule has 1 atom stereocenters. The molecule has 8 nitrogen and oxygen atoms in total. The average Bonchev–Trinajstić information content (AvgIpc) is 2.67. The molecule has 0 spiro atoms.